The smallest absolute Gasteiger partial charge is 0.304 e. The fraction of sp³-hybridized carbons (Fsp3) is 0.923. The molecule has 0 radical (unpaired) electrons. The van der Waals surface area contributed by atoms with Crippen LogP contribution >= 0.6 is 0 Å². The fourth-order valence-electron chi connectivity index (χ4n) is 3.42. The zero-order valence-corrected chi connectivity index (χ0v) is 10.0. The Morgan fingerprint density at radius 1 is 1.12 bits per heavy atom. The number of carboxylic acid groups (broad SMARTS) is 1. The normalized spacial score (nSPS) is 28.4. The summed E-state index contributed by atoms with van der Waals surface area (Å²) in [6, 6.07) is 0.694. The number of hydrogen-bond donors (Lipinski definition) is 1. The first kappa shape index (κ1) is 11.9. The predicted octanol–water partition coefficient (Wildman–Crippen LogP) is 2.51. The molecule has 92 valence electrons. The van der Waals surface area contributed by atoms with E-state index in [9.17, 15) is 4.79 Å². The van der Waals surface area contributed by atoms with Crippen LogP contribution in [0.3, 0.4) is 0 Å². The van der Waals surface area contributed by atoms with Gasteiger partial charge in [-0.25, -0.2) is 0 Å². The van der Waals surface area contributed by atoms with E-state index < -0.39 is 5.97 Å². The van der Waals surface area contributed by atoms with Crippen LogP contribution in [0.1, 0.15) is 51.4 Å². The zero-order chi connectivity index (χ0) is 11.4. The highest BCUT2D eigenvalue weighted by atomic mass is 16.4. The first-order chi connectivity index (χ1) is 7.77. The maximum atomic E-state index is 10.6. The molecular weight excluding hydrogens is 202 g/mol. The van der Waals surface area contributed by atoms with E-state index in [0.717, 1.165) is 19.0 Å². The van der Waals surface area contributed by atoms with Crippen LogP contribution in [-0.4, -0.2) is 35.1 Å². The Kier molecular flexibility index (Phi) is 4.22. The Hall–Kier alpha value is -0.570. The number of rotatable bonds is 4. The molecule has 1 saturated heterocycles. The number of aliphatic carboxylic acids is 1. The molecule has 3 heteroatoms. The minimum atomic E-state index is -0.658. The SMILES string of the molecule is O=C(O)CCN1CCCC1C1CCCCC1. The number of carbonyl (C=O) groups is 1. The summed E-state index contributed by atoms with van der Waals surface area (Å²) in [6.45, 7) is 1.88. The summed E-state index contributed by atoms with van der Waals surface area (Å²) in [4.78, 5) is 13.0. The molecule has 2 aliphatic rings. The fourth-order valence-corrected chi connectivity index (χ4v) is 3.42. The van der Waals surface area contributed by atoms with E-state index in [-0.39, 0.29) is 0 Å². The lowest BCUT2D eigenvalue weighted by Crippen LogP contribution is -2.37. The average molecular weight is 225 g/mol. The molecule has 0 aromatic rings. The van der Waals surface area contributed by atoms with Gasteiger partial charge < -0.3 is 5.11 Å². The van der Waals surface area contributed by atoms with E-state index in [1.807, 2.05) is 0 Å². The van der Waals surface area contributed by atoms with Gasteiger partial charge in [0.05, 0.1) is 6.42 Å². The van der Waals surface area contributed by atoms with Gasteiger partial charge in [0.2, 0.25) is 0 Å². The minimum absolute atomic E-state index is 0.309. The largest absolute Gasteiger partial charge is 0.481 e. The van der Waals surface area contributed by atoms with Crippen molar-refractivity contribution in [2.45, 2.75) is 57.4 Å². The summed E-state index contributed by atoms with van der Waals surface area (Å²) in [5, 5.41) is 8.74. The lowest BCUT2D eigenvalue weighted by atomic mass is 9.83. The van der Waals surface area contributed by atoms with Gasteiger partial charge in [0.25, 0.3) is 0 Å². The third-order valence-corrected chi connectivity index (χ3v) is 4.22. The molecule has 0 aromatic heterocycles. The predicted molar refractivity (Wildman–Crippen MR) is 63.4 cm³/mol. The monoisotopic (exact) mass is 225 g/mol. The van der Waals surface area contributed by atoms with Gasteiger partial charge in [-0.15, -0.1) is 0 Å². The van der Waals surface area contributed by atoms with Crippen LogP contribution in [0.15, 0.2) is 0 Å². The Balaban J connectivity index is 1.84. The molecule has 1 N–H and O–H groups in total. The maximum absolute atomic E-state index is 10.6. The summed E-state index contributed by atoms with van der Waals surface area (Å²) in [7, 11) is 0. The first-order valence-electron chi connectivity index (χ1n) is 6.73. The van der Waals surface area contributed by atoms with Crippen LogP contribution in [0.4, 0.5) is 0 Å². The van der Waals surface area contributed by atoms with Crippen molar-refractivity contribution < 1.29 is 9.90 Å². The van der Waals surface area contributed by atoms with Gasteiger partial charge in [0.15, 0.2) is 0 Å². The molecule has 0 aromatic carbocycles. The quantitative estimate of drug-likeness (QED) is 0.799. The van der Waals surface area contributed by atoms with Gasteiger partial charge in [0, 0.05) is 12.6 Å². The molecule has 1 aliphatic heterocycles. The van der Waals surface area contributed by atoms with Crippen LogP contribution in [0.25, 0.3) is 0 Å². The van der Waals surface area contributed by atoms with Crippen molar-refractivity contribution in [2.75, 3.05) is 13.1 Å². The van der Waals surface area contributed by atoms with Crippen LogP contribution in [-0.2, 0) is 4.79 Å². The van der Waals surface area contributed by atoms with Crippen molar-refractivity contribution >= 4 is 5.97 Å². The van der Waals surface area contributed by atoms with Crippen LogP contribution < -0.4 is 0 Å². The summed E-state index contributed by atoms with van der Waals surface area (Å²) < 4.78 is 0. The second-order valence-electron chi connectivity index (χ2n) is 5.29. The zero-order valence-electron chi connectivity index (χ0n) is 10.0. The van der Waals surface area contributed by atoms with E-state index in [1.54, 1.807) is 0 Å². The Morgan fingerprint density at radius 3 is 2.56 bits per heavy atom. The van der Waals surface area contributed by atoms with Crippen molar-refractivity contribution in [2.24, 2.45) is 5.92 Å². The van der Waals surface area contributed by atoms with Gasteiger partial charge in [-0.3, -0.25) is 9.69 Å². The van der Waals surface area contributed by atoms with Gasteiger partial charge >= 0.3 is 5.97 Å². The van der Waals surface area contributed by atoms with Gasteiger partial charge in [-0.2, -0.15) is 0 Å². The summed E-state index contributed by atoms with van der Waals surface area (Å²) in [5.41, 5.74) is 0. The number of carboxylic acids is 1. The second-order valence-corrected chi connectivity index (χ2v) is 5.29. The average Bonchev–Trinajstić information content (AvgIpc) is 2.75. The lowest BCUT2D eigenvalue weighted by Gasteiger charge is -2.33. The number of hydrogen-bond acceptors (Lipinski definition) is 2. The Labute approximate surface area is 97.8 Å². The van der Waals surface area contributed by atoms with Crippen molar-refractivity contribution in [3.05, 3.63) is 0 Å². The minimum Gasteiger partial charge on any atom is -0.481 e. The van der Waals surface area contributed by atoms with E-state index in [2.05, 4.69) is 4.90 Å². The molecule has 1 atom stereocenters. The molecule has 1 aliphatic carbocycles. The number of nitrogens with zero attached hydrogens (tertiary/aromatic N) is 1. The molecule has 1 heterocycles. The summed E-state index contributed by atoms with van der Waals surface area (Å²) in [5.74, 6) is 0.194. The number of likely N-dealkylation sites (tertiary alicyclic amines) is 1. The topological polar surface area (TPSA) is 40.5 Å². The second kappa shape index (κ2) is 5.67. The van der Waals surface area contributed by atoms with Crippen LogP contribution in [0.5, 0.6) is 0 Å². The van der Waals surface area contributed by atoms with Gasteiger partial charge in [-0.1, -0.05) is 19.3 Å². The van der Waals surface area contributed by atoms with E-state index in [4.69, 9.17) is 5.11 Å². The summed E-state index contributed by atoms with van der Waals surface area (Å²) in [6.07, 6.45) is 9.77. The molecule has 2 rings (SSSR count). The van der Waals surface area contributed by atoms with E-state index in [1.165, 1.54) is 44.9 Å². The molecular formula is C13H23NO2. The third kappa shape index (κ3) is 2.97. The van der Waals surface area contributed by atoms with Crippen molar-refractivity contribution in [3.63, 3.8) is 0 Å². The highest BCUT2D eigenvalue weighted by Crippen LogP contribution is 2.34. The van der Waals surface area contributed by atoms with Crippen LogP contribution in [0.2, 0.25) is 0 Å². The highest BCUT2D eigenvalue weighted by Gasteiger charge is 2.32. The van der Waals surface area contributed by atoms with Gasteiger partial charge in [-0.05, 0) is 38.1 Å². The first-order valence-corrected chi connectivity index (χ1v) is 6.73. The summed E-state index contributed by atoms with van der Waals surface area (Å²) >= 11 is 0. The molecule has 3 nitrogen and oxygen atoms in total. The molecule has 0 spiro atoms. The van der Waals surface area contributed by atoms with E-state index in [0.29, 0.717) is 12.5 Å². The molecule has 1 saturated carbocycles. The highest BCUT2D eigenvalue weighted by molar-refractivity contribution is 5.66. The maximum Gasteiger partial charge on any atom is 0.304 e. The Bertz CT molecular complexity index is 236. The lowest BCUT2D eigenvalue weighted by molar-refractivity contribution is -0.137. The third-order valence-electron chi connectivity index (χ3n) is 4.22. The molecule has 2 fully saturated rings. The van der Waals surface area contributed by atoms with Crippen molar-refractivity contribution in [1.82, 2.24) is 4.90 Å². The van der Waals surface area contributed by atoms with Crippen molar-refractivity contribution in [1.29, 1.82) is 0 Å². The molecule has 0 amide bonds. The molecule has 1 unspecified atom stereocenters. The van der Waals surface area contributed by atoms with Gasteiger partial charge in [0.1, 0.15) is 0 Å². The van der Waals surface area contributed by atoms with Crippen LogP contribution in [0, 0.1) is 5.92 Å². The van der Waals surface area contributed by atoms with Crippen molar-refractivity contribution in [3.8, 4) is 0 Å². The van der Waals surface area contributed by atoms with E-state index >= 15 is 0 Å². The molecule has 0 bridgehead atoms. The Morgan fingerprint density at radius 2 is 1.88 bits per heavy atom. The standard InChI is InChI=1S/C13H23NO2/c15-13(16)8-10-14-9-4-7-12(14)11-5-2-1-3-6-11/h11-12H,1-10H2,(H,15,16). The molecule has 16 heavy (non-hydrogen) atoms.